The molecule has 0 atom stereocenters. The van der Waals surface area contributed by atoms with Crippen LogP contribution in [0.3, 0.4) is 0 Å². The van der Waals surface area contributed by atoms with Crippen LogP contribution < -0.4 is 5.73 Å². The smallest absolute Gasteiger partial charge is 0.278 e. The summed E-state index contributed by atoms with van der Waals surface area (Å²) in [6.45, 7) is 0. The summed E-state index contributed by atoms with van der Waals surface area (Å²) in [5.41, 5.74) is 8.24. The van der Waals surface area contributed by atoms with Crippen molar-refractivity contribution in [2.24, 2.45) is 0 Å². The Bertz CT molecular complexity index is 780. The Balaban J connectivity index is 2.67. The van der Waals surface area contributed by atoms with Gasteiger partial charge in [-0.3, -0.25) is 10.1 Å². The standard InChI is InChI=1S/C16H10N2O2/c1-3-11-5-7-13(15(17)9-11)14-8-6-12(4-2)10-16(14)18(19)20/h1-2,5-10H,17H2. The van der Waals surface area contributed by atoms with E-state index in [0.29, 0.717) is 27.9 Å². The van der Waals surface area contributed by atoms with Crippen LogP contribution in [0.2, 0.25) is 0 Å². The minimum atomic E-state index is -0.481. The molecule has 0 amide bonds. The fraction of sp³-hybridized carbons (Fsp3) is 0. The lowest BCUT2D eigenvalue weighted by atomic mass is 9.99. The Labute approximate surface area is 116 Å². The van der Waals surface area contributed by atoms with Crippen LogP contribution in [0.15, 0.2) is 36.4 Å². The summed E-state index contributed by atoms with van der Waals surface area (Å²) < 4.78 is 0. The molecule has 0 radical (unpaired) electrons. The average molecular weight is 262 g/mol. The minimum Gasteiger partial charge on any atom is -0.398 e. The Morgan fingerprint density at radius 3 is 2.05 bits per heavy atom. The number of hydrogen-bond donors (Lipinski definition) is 1. The van der Waals surface area contributed by atoms with Gasteiger partial charge in [-0.05, 0) is 24.3 Å². The normalized spacial score (nSPS) is 9.50. The molecular formula is C16H10N2O2. The van der Waals surface area contributed by atoms with E-state index in [1.165, 1.54) is 6.07 Å². The maximum Gasteiger partial charge on any atom is 0.278 e. The second-order valence-electron chi connectivity index (χ2n) is 4.08. The zero-order chi connectivity index (χ0) is 14.7. The molecule has 0 saturated carbocycles. The largest absolute Gasteiger partial charge is 0.398 e. The first kappa shape index (κ1) is 13.2. The van der Waals surface area contributed by atoms with Gasteiger partial charge < -0.3 is 5.73 Å². The van der Waals surface area contributed by atoms with Gasteiger partial charge in [0.15, 0.2) is 0 Å². The molecule has 0 bridgehead atoms. The Kier molecular flexibility index (Phi) is 3.41. The van der Waals surface area contributed by atoms with Gasteiger partial charge in [-0.25, -0.2) is 0 Å². The molecule has 2 N–H and O–H groups in total. The number of nitro groups is 1. The number of nitrogens with zero attached hydrogens (tertiary/aromatic N) is 1. The van der Waals surface area contributed by atoms with Crippen molar-refractivity contribution in [3.05, 3.63) is 57.6 Å². The van der Waals surface area contributed by atoms with Gasteiger partial charge in [-0.15, -0.1) is 12.8 Å². The number of nitrogens with two attached hydrogens (primary N) is 1. The minimum absolute atomic E-state index is 0.0828. The zero-order valence-electron chi connectivity index (χ0n) is 10.5. The fourth-order valence-corrected chi connectivity index (χ4v) is 1.90. The number of nitro benzene ring substituents is 1. The van der Waals surface area contributed by atoms with Crippen molar-refractivity contribution in [2.75, 3.05) is 5.73 Å². The highest BCUT2D eigenvalue weighted by molar-refractivity contribution is 5.83. The summed E-state index contributed by atoms with van der Waals surface area (Å²) in [4.78, 5) is 10.7. The molecule has 0 saturated heterocycles. The molecule has 0 aromatic heterocycles. The summed E-state index contributed by atoms with van der Waals surface area (Å²) >= 11 is 0. The van der Waals surface area contributed by atoms with E-state index in [1.807, 2.05) is 0 Å². The lowest BCUT2D eigenvalue weighted by Gasteiger charge is -2.07. The number of hydrogen-bond acceptors (Lipinski definition) is 3. The van der Waals surface area contributed by atoms with Gasteiger partial charge in [-0.1, -0.05) is 17.9 Å². The molecule has 2 aromatic rings. The van der Waals surface area contributed by atoms with Crippen LogP contribution >= 0.6 is 0 Å². The van der Waals surface area contributed by atoms with Crippen LogP contribution in [0.4, 0.5) is 11.4 Å². The van der Waals surface area contributed by atoms with Crippen molar-refractivity contribution in [1.29, 1.82) is 0 Å². The maximum absolute atomic E-state index is 11.2. The van der Waals surface area contributed by atoms with Crippen LogP contribution in [0.25, 0.3) is 11.1 Å². The van der Waals surface area contributed by atoms with Crippen molar-refractivity contribution in [1.82, 2.24) is 0 Å². The molecule has 0 aliphatic carbocycles. The predicted molar refractivity (Wildman–Crippen MR) is 78.8 cm³/mol. The Hall–Kier alpha value is -3.24. The van der Waals surface area contributed by atoms with Gasteiger partial charge in [0.1, 0.15) is 0 Å². The number of anilines is 1. The molecule has 0 aliphatic heterocycles. The summed E-state index contributed by atoms with van der Waals surface area (Å²) in [7, 11) is 0. The van der Waals surface area contributed by atoms with E-state index < -0.39 is 4.92 Å². The van der Waals surface area contributed by atoms with Crippen LogP contribution in [0.1, 0.15) is 11.1 Å². The lowest BCUT2D eigenvalue weighted by molar-refractivity contribution is -0.384. The third-order valence-electron chi connectivity index (χ3n) is 2.87. The van der Waals surface area contributed by atoms with E-state index in [4.69, 9.17) is 18.6 Å². The maximum atomic E-state index is 11.2. The average Bonchev–Trinajstić information content (AvgIpc) is 2.46. The molecule has 20 heavy (non-hydrogen) atoms. The second-order valence-corrected chi connectivity index (χ2v) is 4.08. The Morgan fingerprint density at radius 1 is 1.00 bits per heavy atom. The van der Waals surface area contributed by atoms with Gasteiger partial charge in [0.25, 0.3) is 5.69 Å². The third-order valence-corrected chi connectivity index (χ3v) is 2.87. The SMILES string of the molecule is C#Cc1ccc(-c2ccc(C#C)cc2[N+](=O)[O-])c(N)c1. The summed E-state index contributed by atoms with van der Waals surface area (Å²) in [6, 6.07) is 9.54. The fourth-order valence-electron chi connectivity index (χ4n) is 1.90. The quantitative estimate of drug-likeness (QED) is 0.391. The van der Waals surface area contributed by atoms with Crippen molar-refractivity contribution in [2.45, 2.75) is 0 Å². The van der Waals surface area contributed by atoms with E-state index in [1.54, 1.807) is 30.3 Å². The second kappa shape index (κ2) is 5.17. The van der Waals surface area contributed by atoms with Crippen LogP contribution in [0.5, 0.6) is 0 Å². The zero-order valence-corrected chi connectivity index (χ0v) is 10.5. The molecule has 0 unspecified atom stereocenters. The van der Waals surface area contributed by atoms with E-state index in [0.717, 1.165) is 0 Å². The summed E-state index contributed by atoms with van der Waals surface area (Å²) in [5, 5.41) is 11.2. The first-order valence-electron chi connectivity index (χ1n) is 5.68. The van der Waals surface area contributed by atoms with Crippen molar-refractivity contribution in [3.8, 4) is 35.8 Å². The molecule has 4 heteroatoms. The van der Waals surface area contributed by atoms with Crippen molar-refractivity contribution in [3.63, 3.8) is 0 Å². The predicted octanol–water partition coefficient (Wildman–Crippen LogP) is 2.81. The van der Waals surface area contributed by atoms with Crippen LogP contribution in [-0.2, 0) is 0 Å². The van der Waals surface area contributed by atoms with Crippen LogP contribution in [-0.4, -0.2) is 4.92 Å². The number of rotatable bonds is 2. The molecule has 4 nitrogen and oxygen atoms in total. The summed E-state index contributed by atoms with van der Waals surface area (Å²) in [5.74, 6) is 4.83. The van der Waals surface area contributed by atoms with Crippen molar-refractivity contribution < 1.29 is 4.92 Å². The molecule has 0 heterocycles. The monoisotopic (exact) mass is 262 g/mol. The molecule has 0 fully saturated rings. The van der Waals surface area contributed by atoms with Gasteiger partial charge in [0.2, 0.25) is 0 Å². The highest BCUT2D eigenvalue weighted by atomic mass is 16.6. The number of terminal acetylenes is 2. The highest BCUT2D eigenvalue weighted by Gasteiger charge is 2.17. The van der Waals surface area contributed by atoms with E-state index in [2.05, 4.69) is 11.8 Å². The van der Waals surface area contributed by atoms with Gasteiger partial charge in [0, 0.05) is 28.4 Å². The molecule has 0 spiro atoms. The van der Waals surface area contributed by atoms with Gasteiger partial charge >= 0.3 is 0 Å². The Morgan fingerprint density at radius 2 is 1.55 bits per heavy atom. The highest BCUT2D eigenvalue weighted by Crippen LogP contribution is 2.34. The number of nitrogen functional groups attached to an aromatic ring is 1. The molecule has 2 aromatic carbocycles. The first-order valence-corrected chi connectivity index (χ1v) is 5.68. The van der Waals surface area contributed by atoms with Crippen LogP contribution in [0, 0.1) is 34.8 Å². The van der Waals surface area contributed by atoms with E-state index in [9.17, 15) is 10.1 Å². The summed E-state index contributed by atoms with van der Waals surface area (Å²) in [6.07, 6.45) is 10.5. The molecule has 0 aliphatic rings. The molecule has 96 valence electrons. The van der Waals surface area contributed by atoms with Crippen molar-refractivity contribution >= 4 is 11.4 Å². The first-order chi connectivity index (χ1) is 9.56. The van der Waals surface area contributed by atoms with E-state index in [-0.39, 0.29) is 5.69 Å². The molecule has 2 rings (SSSR count). The van der Waals surface area contributed by atoms with Gasteiger partial charge in [-0.2, -0.15) is 0 Å². The topological polar surface area (TPSA) is 69.2 Å². The number of benzene rings is 2. The van der Waals surface area contributed by atoms with Gasteiger partial charge in [0.05, 0.1) is 10.5 Å². The third kappa shape index (κ3) is 2.31. The molecular weight excluding hydrogens is 252 g/mol. The lowest BCUT2D eigenvalue weighted by Crippen LogP contribution is -1.96. The van der Waals surface area contributed by atoms with E-state index >= 15 is 0 Å².